The van der Waals surface area contributed by atoms with Gasteiger partial charge in [0.05, 0.1) is 12.4 Å². The lowest BCUT2D eigenvalue weighted by atomic mass is 10.3. The van der Waals surface area contributed by atoms with Gasteiger partial charge in [-0.3, -0.25) is 14.4 Å². The summed E-state index contributed by atoms with van der Waals surface area (Å²) in [6.45, 7) is 4.46. The van der Waals surface area contributed by atoms with Crippen molar-refractivity contribution in [1.29, 1.82) is 0 Å². The molecule has 1 rings (SSSR count). The Hall–Kier alpha value is -0.220. The van der Waals surface area contributed by atoms with E-state index < -0.39 is 17.9 Å². The third kappa shape index (κ3) is 24.2. The number of aliphatic hydroxyl groups excluding tert-OH is 1. The van der Waals surface area contributed by atoms with E-state index in [9.17, 15) is 8.42 Å². The van der Waals surface area contributed by atoms with Gasteiger partial charge in [0.1, 0.15) is 0 Å². The van der Waals surface area contributed by atoms with Crippen molar-refractivity contribution >= 4 is 17.9 Å². The van der Waals surface area contributed by atoms with Crippen molar-refractivity contribution in [2.75, 3.05) is 51.6 Å². The lowest BCUT2D eigenvalue weighted by molar-refractivity contribution is 0.116. The van der Waals surface area contributed by atoms with E-state index in [1.807, 2.05) is 4.90 Å². The van der Waals surface area contributed by atoms with E-state index in [2.05, 4.69) is 4.90 Å². The molecule has 0 unspecified atom stereocenters. The Kier molecular flexibility index (Phi) is 18.9. The molecule has 0 radical (unpaired) electrons. The zero-order chi connectivity index (χ0) is 15.8. The van der Waals surface area contributed by atoms with Crippen LogP contribution in [0.2, 0.25) is 0 Å². The van der Waals surface area contributed by atoms with Crippen molar-refractivity contribution in [3.8, 4) is 0 Å². The van der Waals surface area contributed by atoms with Crippen LogP contribution in [0.1, 0.15) is 0 Å². The van der Waals surface area contributed by atoms with Gasteiger partial charge >= 0.3 is 7.82 Å². The van der Waals surface area contributed by atoms with E-state index in [0.717, 1.165) is 26.2 Å². The maximum atomic E-state index is 10.5. The van der Waals surface area contributed by atoms with Gasteiger partial charge < -0.3 is 38.2 Å². The summed E-state index contributed by atoms with van der Waals surface area (Å²) in [6.07, 6.45) is 0. The Morgan fingerprint density at radius 3 is 1.43 bits per heavy atom. The van der Waals surface area contributed by atoms with Crippen LogP contribution < -0.4 is 18.5 Å². The van der Waals surface area contributed by atoms with Gasteiger partial charge in [-0.25, -0.2) is 4.57 Å². The van der Waals surface area contributed by atoms with Crippen molar-refractivity contribution in [3.63, 3.8) is 0 Å². The van der Waals surface area contributed by atoms with Crippen LogP contribution in [0.3, 0.4) is 0 Å². The van der Waals surface area contributed by atoms with Crippen LogP contribution in [0.25, 0.3) is 0 Å². The van der Waals surface area contributed by atoms with Gasteiger partial charge in [0.15, 0.2) is 0 Å². The van der Waals surface area contributed by atoms with E-state index in [0.29, 0.717) is 13.1 Å². The molecule has 146 valence electrons. The highest BCUT2D eigenvalue weighted by Gasteiger charge is 2.17. The maximum absolute atomic E-state index is 10.5. The van der Waals surface area contributed by atoms with Crippen LogP contribution in [0.5, 0.6) is 0 Å². The normalized spacial score (nSPS) is 16.0. The van der Waals surface area contributed by atoms with E-state index in [1.165, 1.54) is 0 Å². The molecule has 1 heterocycles. The summed E-state index contributed by atoms with van der Waals surface area (Å²) in [5.74, 6) is -0.201. The summed E-state index contributed by atoms with van der Waals surface area (Å²) in [5, 5.41) is 8.73. The first-order valence-electron chi connectivity index (χ1n) is 5.80. The number of β-amino-alcohol motifs (C(OH)–C–C–N with tert-alkyl or cyclic N) is 1. The Labute approximate surface area is 136 Å². The van der Waals surface area contributed by atoms with Gasteiger partial charge in [-0.15, -0.1) is 0 Å². The molecule has 0 saturated carbocycles. The molecule has 0 aromatic heterocycles. The summed E-state index contributed by atoms with van der Waals surface area (Å²) in [5.41, 5.74) is 0. The highest BCUT2D eigenvalue weighted by molar-refractivity contribution is 7.85. The highest BCUT2D eigenvalue weighted by Crippen LogP contribution is 2.25. The molecule has 1 aliphatic rings. The number of piperazine rings is 1. The SMILES string of the molecule is N.N.N.O=P(O)(O)O.O=S(=O)(O)CCN1CCN(CCO)CC1. The zero-order valence-corrected chi connectivity index (χ0v) is 14.7. The molecule has 0 atom stereocenters. The van der Waals surface area contributed by atoms with Crippen molar-refractivity contribution in [2.45, 2.75) is 0 Å². The summed E-state index contributed by atoms with van der Waals surface area (Å²) in [4.78, 5) is 25.7. The van der Waals surface area contributed by atoms with Gasteiger partial charge in [-0.1, -0.05) is 0 Å². The first-order chi connectivity index (χ1) is 9.01. The third-order valence-corrected chi connectivity index (χ3v) is 3.25. The lowest BCUT2D eigenvalue weighted by Crippen LogP contribution is -2.48. The van der Waals surface area contributed by atoms with Gasteiger partial charge in [0.2, 0.25) is 0 Å². The number of hydrogen-bond acceptors (Lipinski definition) is 9. The summed E-state index contributed by atoms with van der Waals surface area (Å²) in [7, 11) is -8.48. The van der Waals surface area contributed by atoms with Crippen molar-refractivity contribution in [2.24, 2.45) is 0 Å². The van der Waals surface area contributed by atoms with Gasteiger partial charge in [0.25, 0.3) is 10.1 Å². The van der Waals surface area contributed by atoms with Gasteiger partial charge in [-0.05, 0) is 0 Å². The Morgan fingerprint density at radius 2 is 1.17 bits per heavy atom. The van der Waals surface area contributed by atoms with Crippen LogP contribution in [0, 0.1) is 0 Å². The Balaban J connectivity index is -0.000000199. The van der Waals surface area contributed by atoms with E-state index >= 15 is 0 Å². The van der Waals surface area contributed by atoms with Gasteiger partial charge in [0, 0.05) is 39.3 Å². The summed E-state index contributed by atoms with van der Waals surface area (Å²) >= 11 is 0. The number of phosphoric acid groups is 1. The van der Waals surface area contributed by atoms with Crippen LogP contribution in [0.15, 0.2) is 0 Å². The Bertz CT molecular complexity index is 402. The predicted octanol–water partition coefficient (Wildman–Crippen LogP) is -1.96. The molecule has 0 bridgehead atoms. The predicted molar refractivity (Wildman–Crippen MR) is 85.7 cm³/mol. The van der Waals surface area contributed by atoms with Crippen molar-refractivity contribution in [3.05, 3.63) is 0 Å². The van der Waals surface area contributed by atoms with E-state index in [1.54, 1.807) is 0 Å². The number of aliphatic hydroxyl groups is 1. The zero-order valence-electron chi connectivity index (χ0n) is 13.0. The van der Waals surface area contributed by atoms with Crippen LogP contribution >= 0.6 is 7.82 Å². The molecule has 0 aromatic rings. The fraction of sp³-hybridized carbons (Fsp3) is 1.00. The highest BCUT2D eigenvalue weighted by atomic mass is 32.2. The summed E-state index contributed by atoms with van der Waals surface area (Å²) < 4.78 is 38.5. The molecular formula is C8H30N5O8PS. The lowest BCUT2D eigenvalue weighted by Gasteiger charge is -2.33. The smallest absolute Gasteiger partial charge is 0.395 e. The molecule has 23 heavy (non-hydrogen) atoms. The molecule has 1 aliphatic heterocycles. The minimum Gasteiger partial charge on any atom is -0.395 e. The Morgan fingerprint density at radius 1 is 0.870 bits per heavy atom. The fourth-order valence-corrected chi connectivity index (χ4v) is 2.11. The molecule has 0 aromatic carbocycles. The van der Waals surface area contributed by atoms with Crippen molar-refractivity contribution < 1.29 is 37.3 Å². The fourth-order valence-electron chi connectivity index (χ4n) is 1.62. The van der Waals surface area contributed by atoms with Crippen LogP contribution in [0.4, 0.5) is 0 Å². The average molecular weight is 387 g/mol. The standard InChI is InChI=1S/C8H18N2O4S.3H3N.H3O4P/c11-7-5-9-1-3-10(4-2-9)6-8-15(12,13)14;;;;1-5(2,3)4/h11H,1-8H2,(H,12,13,14);3*1H3;(H3,1,2,3,4). The average Bonchev–Trinajstić information content (AvgIpc) is 2.25. The molecule has 0 spiro atoms. The molecule has 14 N–H and O–H groups in total. The number of rotatable bonds is 5. The van der Waals surface area contributed by atoms with Gasteiger partial charge in [-0.2, -0.15) is 8.42 Å². The summed E-state index contributed by atoms with van der Waals surface area (Å²) in [6, 6.07) is 0. The molecule has 13 nitrogen and oxygen atoms in total. The monoisotopic (exact) mass is 387 g/mol. The largest absolute Gasteiger partial charge is 0.466 e. The second kappa shape index (κ2) is 14.2. The molecule has 0 aliphatic carbocycles. The quantitative estimate of drug-likeness (QED) is 0.188. The minimum absolute atomic E-state index is 0. The number of hydrogen-bond donors (Lipinski definition) is 8. The first-order valence-corrected chi connectivity index (χ1v) is 8.98. The third-order valence-electron chi connectivity index (χ3n) is 2.55. The molecule has 0 amide bonds. The van der Waals surface area contributed by atoms with E-state index in [-0.39, 0.29) is 30.8 Å². The molecule has 15 heteroatoms. The van der Waals surface area contributed by atoms with E-state index in [4.69, 9.17) is 28.9 Å². The maximum Gasteiger partial charge on any atom is 0.466 e. The van der Waals surface area contributed by atoms with Crippen molar-refractivity contribution in [1.82, 2.24) is 28.3 Å². The number of nitrogens with zero attached hydrogens (tertiary/aromatic N) is 2. The minimum atomic E-state index is -4.64. The van der Waals surface area contributed by atoms with Crippen LogP contribution in [-0.4, -0.2) is 94.2 Å². The van der Waals surface area contributed by atoms with Crippen LogP contribution in [-0.2, 0) is 14.7 Å². The second-order valence-electron chi connectivity index (χ2n) is 4.21. The molecule has 1 saturated heterocycles. The molecule has 1 fully saturated rings. The topological polar surface area (TPSA) is 264 Å². The second-order valence-corrected chi connectivity index (χ2v) is 6.80. The molecular weight excluding hydrogens is 357 g/mol. The first kappa shape index (κ1) is 30.6.